The molecule has 0 heterocycles. The molecule has 0 spiro atoms. The zero-order chi connectivity index (χ0) is 21.5. The number of carbonyl (C=O) groups is 2. The van der Waals surface area contributed by atoms with E-state index in [1.54, 1.807) is 18.2 Å². The summed E-state index contributed by atoms with van der Waals surface area (Å²) in [6.07, 6.45) is 1.10. The zero-order valence-electron chi connectivity index (χ0n) is 17.8. The van der Waals surface area contributed by atoms with Crippen molar-refractivity contribution < 1.29 is 19.1 Å². The molecule has 30 heavy (non-hydrogen) atoms. The van der Waals surface area contributed by atoms with Gasteiger partial charge < -0.3 is 20.1 Å². The molecule has 1 aliphatic carbocycles. The van der Waals surface area contributed by atoms with Crippen molar-refractivity contribution in [2.75, 3.05) is 19.8 Å². The van der Waals surface area contributed by atoms with Gasteiger partial charge in [-0.2, -0.15) is 0 Å². The molecule has 3 rings (SSSR count). The minimum Gasteiger partial charge on any atom is -0.490 e. The fourth-order valence-corrected chi connectivity index (χ4v) is 3.59. The van der Waals surface area contributed by atoms with E-state index in [4.69, 9.17) is 9.47 Å². The second-order valence-electron chi connectivity index (χ2n) is 7.54. The number of ether oxygens (including phenoxy) is 2. The topological polar surface area (TPSA) is 76.7 Å². The Labute approximate surface area is 178 Å². The molecular formula is C24H30N2O4. The summed E-state index contributed by atoms with van der Waals surface area (Å²) >= 11 is 0. The number of hydrogen-bond donors (Lipinski definition) is 2. The zero-order valence-corrected chi connectivity index (χ0v) is 17.8. The van der Waals surface area contributed by atoms with Crippen LogP contribution in [0.2, 0.25) is 0 Å². The molecule has 2 N–H and O–H groups in total. The molecule has 1 aliphatic rings. The Kier molecular flexibility index (Phi) is 7.33. The van der Waals surface area contributed by atoms with E-state index in [2.05, 4.69) is 17.6 Å². The van der Waals surface area contributed by atoms with Crippen molar-refractivity contribution in [1.82, 2.24) is 10.6 Å². The number of nitrogens with one attached hydrogen (secondary N) is 2. The van der Waals surface area contributed by atoms with Gasteiger partial charge in [0.25, 0.3) is 5.91 Å². The smallest absolute Gasteiger partial charge is 0.251 e. The SMILES string of the molecule is CCOc1ccc(C(=O)NCC(=O)NC(c2ccccc2)C2CC2C)cc1OCC. The summed E-state index contributed by atoms with van der Waals surface area (Å²) in [7, 11) is 0. The Morgan fingerprint density at radius 2 is 1.70 bits per heavy atom. The molecule has 2 aromatic rings. The van der Waals surface area contributed by atoms with Crippen LogP contribution in [-0.2, 0) is 4.79 Å². The molecule has 2 aromatic carbocycles. The highest BCUT2D eigenvalue weighted by Crippen LogP contribution is 2.46. The Morgan fingerprint density at radius 1 is 1.03 bits per heavy atom. The van der Waals surface area contributed by atoms with Gasteiger partial charge in [0.05, 0.1) is 25.8 Å². The highest BCUT2D eigenvalue weighted by atomic mass is 16.5. The second kappa shape index (κ2) is 10.1. The first-order valence-corrected chi connectivity index (χ1v) is 10.6. The largest absolute Gasteiger partial charge is 0.490 e. The van der Waals surface area contributed by atoms with Crippen LogP contribution in [0.1, 0.15) is 49.2 Å². The molecule has 1 fully saturated rings. The fourth-order valence-electron chi connectivity index (χ4n) is 3.59. The maximum absolute atomic E-state index is 12.5. The van der Waals surface area contributed by atoms with Crippen LogP contribution in [0.25, 0.3) is 0 Å². The summed E-state index contributed by atoms with van der Waals surface area (Å²) < 4.78 is 11.1. The van der Waals surface area contributed by atoms with E-state index < -0.39 is 0 Å². The van der Waals surface area contributed by atoms with E-state index in [9.17, 15) is 9.59 Å². The van der Waals surface area contributed by atoms with Gasteiger partial charge in [-0.1, -0.05) is 37.3 Å². The van der Waals surface area contributed by atoms with Gasteiger partial charge in [0, 0.05) is 5.56 Å². The molecule has 6 heteroatoms. The molecule has 3 atom stereocenters. The summed E-state index contributed by atoms with van der Waals surface area (Å²) in [5.74, 6) is 1.61. The molecule has 0 radical (unpaired) electrons. The summed E-state index contributed by atoms with van der Waals surface area (Å²) in [5.41, 5.74) is 1.52. The number of rotatable bonds is 10. The van der Waals surface area contributed by atoms with Crippen LogP contribution in [0, 0.1) is 11.8 Å². The van der Waals surface area contributed by atoms with Gasteiger partial charge in [-0.25, -0.2) is 0 Å². The first kappa shape index (κ1) is 21.7. The van der Waals surface area contributed by atoms with Gasteiger partial charge in [-0.3, -0.25) is 9.59 Å². The van der Waals surface area contributed by atoms with Gasteiger partial charge in [0.15, 0.2) is 11.5 Å². The highest BCUT2D eigenvalue weighted by molar-refractivity contribution is 5.97. The van der Waals surface area contributed by atoms with Crippen molar-refractivity contribution in [3.8, 4) is 11.5 Å². The third-order valence-corrected chi connectivity index (χ3v) is 5.29. The lowest BCUT2D eigenvalue weighted by Gasteiger charge is -2.19. The van der Waals surface area contributed by atoms with Crippen LogP contribution in [0.15, 0.2) is 48.5 Å². The number of carbonyl (C=O) groups excluding carboxylic acids is 2. The Morgan fingerprint density at radius 3 is 2.33 bits per heavy atom. The molecule has 2 amide bonds. The average Bonchev–Trinajstić information content (AvgIpc) is 3.48. The monoisotopic (exact) mass is 410 g/mol. The Hall–Kier alpha value is -3.02. The molecule has 6 nitrogen and oxygen atoms in total. The van der Waals surface area contributed by atoms with Crippen molar-refractivity contribution in [2.45, 2.75) is 33.2 Å². The standard InChI is InChI=1S/C24H30N2O4/c1-4-29-20-12-11-18(14-21(20)30-5-2)24(28)25-15-22(27)26-23(19-13-16(19)3)17-9-7-6-8-10-17/h6-12,14,16,19,23H,4-5,13,15H2,1-3H3,(H,25,28)(H,26,27). The van der Waals surface area contributed by atoms with E-state index in [-0.39, 0.29) is 24.4 Å². The average molecular weight is 411 g/mol. The van der Waals surface area contributed by atoms with Crippen molar-refractivity contribution in [1.29, 1.82) is 0 Å². The normalized spacial score (nSPS) is 18.2. The van der Waals surface area contributed by atoms with Crippen molar-refractivity contribution in [3.05, 3.63) is 59.7 Å². The van der Waals surface area contributed by atoms with Gasteiger partial charge in [0.1, 0.15) is 0 Å². The van der Waals surface area contributed by atoms with Crippen molar-refractivity contribution >= 4 is 11.8 Å². The van der Waals surface area contributed by atoms with E-state index in [0.29, 0.717) is 42.1 Å². The summed E-state index contributed by atoms with van der Waals surface area (Å²) in [5, 5.41) is 5.79. The lowest BCUT2D eigenvalue weighted by Crippen LogP contribution is -2.39. The minimum atomic E-state index is -0.329. The first-order valence-electron chi connectivity index (χ1n) is 10.6. The third-order valence-electron chi connectivity index (χ3n) is 5.29. The van der Waals surface area contributed by atoms with Crippen LogP contribution >= 0.6 is 0 Å². The van der Waals surface area contributed by atoms with Crippen molar-refractivity contribution in [2.24, 2.45) is 11.8 Å². The quantitative estimate of drug-likeness (QED) is 0.626. The molecule has 1 saturated carbocycles. The predicted molar refractivity (Wildman–Crippen MR) is 116 cm³/mol. The van der Waals surface area contributed by atoms with Crippen LogP contribution in [0.4, 0.5) is 0 Å². The van der Waals surface area contributed by atoms with Gasteiger partial charge >= 0.3 is 0 Å². The molecule has 0 bridgehead atoms. The fraction of sp³-hybridized carbons (Fsp3) is 0.417. The predicted octanol–water partition coefficient (Wildman–Crippen LogP) is 3.73. The maximum atomic E-state index is 12.5. The van der Waals surface area contributed by atoms with E-state index in [1.807, 2.05) is 44.2 Å². The lowest BCUT2D eigenvalue weighted by atomic mass is 10.0. The van der Waals surface area contributed by atoms with E-state index in [1.165, 1.54) is 0 Å². The van der Waals surface area contributed by atoms with Crippen LogP contribution in [-0.4, -0.2) is 31.6 Å². The first-order chi connectivity index (χ1) is 14.5. The van der Waals surface area contributed by atoms with Gasteiger partial charge in [0.2, 0.25) is 5.91 Å². The third kappa shape index (κ3) is 5.53. The Balaban J connectivity index is 1.60. The summed E-state index contributed by atoms with van der Waals surface area (Å²) in [6, 6.07) is 15.0. The molecule has 0 aliphatic heterocycles. The van der Waals surface area contributed by atoms with Crippen LogP contribution in [0.3, 0.4) is 0 Å². The number of benzene rings is 2. The van der Waals surface area contributed by atoms with Crippen LogP contribution in [0.5, 0.6) is 11.5 Å². The minimum absolute atomic E-state index is 0.0272. The summed E-state index contributed by atoms with van der Waals surface area (Å²) in [6.45, 7) is 6.84. The number of hydrogen-bond acceptors (Lipinski definition) is 4. The maximum Gasteiger partial charge on any atom is 0.251 e. The second-order valence-corrected chi connectivity index (χ2v) is 7.54. The van der Waals surface area contributed by atoms with Gasteiger partial charge in [-0.15, -0.1) is 0 Å². The molecule has 160 valence electrons. The molecular weight excluding hydrogens is 380 g/mol. The molecule has 3 unspecified atom stereocenters. The summed E-state index contributed by atoms with van der Waals surface area (Å²) in [4.78, 5) is 25.1. The molecule has 0 aromatic heterocycles. The van der Waals surface area contributed by atoms with E-state index >= 15 is 0 Å². The lowest BCUT2D eigenvalue weighted by molar-refractivity contribution is -0.121. The van der Waals surface area contributed by atoms with E-state index in [0.717, 1.165) is 12.0 Å². The number of amides is 2. The molecule has 0 saturated heterocycles. The van der Waals surface area contributed by atoms with Crippen molar-refractivity contribution in [3.63, 3.8) is 0 Å². The van der Waals surface area contributed by atoms with Gasteiger partial charge in [-0.05, 0) is 55.9 Å². The Bertz CT molecular complexity index is 869. The van der Waals surface area contributed by atoms with Crippen LogP contribution < -0.4 is 20.1 Å². The highest BCUT2D eigenvalue weighted by Gasteiger charge is 2.40.